The molecule has 11 heteroatoms. The fourth-order valence-corrected chi connectivity index (χ4v) is 4.98. The summed E-state index contributed by atoms with van der Waals surface area (Å²) in [5.41, 5.74) is 0.812. The molecular formula is C25H16ClFN4O4S. The maximum absolute atomic E-state index is 13.5. The largest absolute Gasteiger partial charge is 0.321 e. The fourth-order valence-electron chi connectivity index (χ4n) is 3.55. The van der Waals surface area contributed by atoms with Crippen molar-refractivity contribution in [1.82, 2.24) is 0 Å². The minimum atomic E-state index is -0.769. The summed E-state index contributed by atoms with van der Waals surface area (Å²) < 4.78 is 13.2. The molecule has 8 nitrogen and oxygen atoms in total. The van der Waals surface area contributed by atoms with E-state index in [0.29, 0.717) is 16.3 Å². The standard InChI is InChI=1S/C25H16ClFN4O4S/c26-16-4-10-19(11-5-16)30-24(33)22(13-15-2-1-3-20(12-15)31(34)35)36-25(30)21(14-28)23(32)29-18-8-6-17(27)7-9-18/h1-12,22H,13H2,(H,29,32)/b25-21-. The van der Waals surface area contributed by atoms with E-state index in [1.54, 1.807) is 30.3 Å². The van der Waals surface area contributed by atoms with Crippen molar-refractivity contribution in [2.75, 3.05) is 10.2 Å². The van der Waals surface area contributed by atoms with Gasteiger partial charge in [-0.2, -0.15) is 5.26 Å². The summed E-state index contributed by atoms with van der Waals surface area (Å²) in [7, 11) is 0. The Kier molecular flexibility index (Phi) is 7.33. The maximum Gasteiger partial charge on any atom is 0.269 e. The van der Waals surface area contributed by atoms with Gasteiger partial charge in [0.05, 0.1) is 10.2 Å². The Bertz CT molecular complexity index is 1420. The van der Waals surface area contributed by atoms with Crippen LogP contribution in [0.15, 0.2) is 83.4 Å². The van der Waals surface area contributed by atoms with E-state index >= 15 is 0 Å². The van der Waals surface area contributed by atoms with Gasteiger partial charge in [0.1, 0.15) is 22.5 Å². The number of carbonyl (C=O) groups excluding carboxylic acids is 2. The molecule has 4 rings (SSSR count). The molecule has 1 aliphatic heterocycles. The Balaban J connectivity index is 1.72. The van der Waals surface area contributed by atoms with Crippen molar-refractivity contribution in [2.45, 2.75) is 11.7 Å². The van der Waals surface area contributed by atoms with Crippen molar-refractivity contribution < 1.29 is 18.9 Å². The minimum Gasteiger partial charge on any atom is -0.321 e. The van der Waals surface area contributed by atoms with E-state index < -0.39 is 27.8 Å². The van der Waals surface area contributed by atoms with Crippen molar-refractivity contribution in [3.05, 3.63) is 110 Å². The lowest BCUT2D eigenvalue weighted by molar-refractivity contribution is -0.384. The summed E-state index contributed by atoms with van der Waals surface area (Å²) in [6.45, 7) is 0. The zero-order valence-corrected chi connectivity index (χ0v) is 19.9. The van der Waals surface area contributed by atoms with Gasteiger partial charge in [-0.25, -0.2) is 4.39 Å². The van der Waals surface area contributed by atoms with Crippen molar-refractivity contribution in [3.8, 4) is 6.07 Å². The monoisotopic (exact) mass is 522 g/mol. The molecule has 3 aromatic rings. The average Bonchev–Trinajstić information content (AvgIpc) is 3.17. The van der Waals surface area contributed by atoms with Crippen molar-refractivity contribution in [2.24, 2.45) is 0 Å². The topological polar surface area (TPSA) is 116 Å². The summed E-state index contributed by atoms with van der Waals surface area (Å²) in [5, 5.41) is 23.4. The van der Waals surface area contributed by atoms with Crippen molar-refractivity contribution in [1.29, 1.82) is 5.26 Å². The number of rotatable bonds is 6. The number of hydrogen-bond acceptors (Lipinski definition) is 6. The molecule has 1 aliphatic rings. The number of nitriles is 1. The quantitative estimate of drug-likeness (QED) is 0.199. The summed E-state index contributed by atoms with van der Waals surface area (Å²) in [6.07, 6.45) is 0.136. The first-order chi connectivity index (χ1) is 17.3. The molecule has 0 saturated carbocycles. The molecule has 0 aliphatic carbocycles. The number of anilines is 2. The lowest BCUT2D eigenvalue weighted by atomic mass is 10.1. The second kappa shape index (κ2) is 10.6. The highest BCUT2D eigenvalue weighted by Gasteiger charge is 2.41. The molecule has 0 radical (unpaired) electrons. The van der Waals surface area contributed by atoms with E-state index in [2.05, 4.69) is 5.32 Å². The fraction of sp³-hybridized carbons (Fsp3) is 0.0800. The smallest absolute Gasteiger partial charge is 0.269 e. The number of non-ortho nitro benzene ring substituents is 1. The molecule has 2 amide bonds. The third-order valence-corrected chi connectivity index (χ3v) is 6.75. The third kappa shape index (κ3) is 5.38. The van der Waals surface area contributed by atoms with E-state index in [4.69, 9.17) is 11.6 Å². The molecule has 0 aromatic heterocycles. The number of hydrogen-bond donors (Lipinski definition) is 1. The number of nitrogens with one attached hydrogen (secondary N) is 1. The van der Waals surface area contributed by atoms with Crippen LogP contribution >= 0.6 is 23.4 Å². The molecule has 1 fully saturated rings. The first kappa shape index (κ1) is 24.9. The highest BCUT2D eigenvalue weighted by atomic mass is 35.5. The Morgan fingerprint density at radius 3 is 2.50 bits per heavy atom. The molecule has 0 bridgehead atoms. The van der Waals surface area contributed by atoms with Crippen LogP contribution < -0.4 is 10.2 Å². The predicted octanol–water partition coefficient (Wildman–Crippen LogP) is 5.45. The maximum atomic E-state index is 13.5. The third-order valence-electron chi connectivity index (χ3n) is 5.23. The molecule has 0 spiro atoms. The lowest BCUT2D eigenvalue weighted by Gasteiger charge is -2.19. The SMILES string of the molecule is N#C/C(C(=O)Nc1ccc(F)cc1)=C1/SC(Cc2cccc([N+](=O)[O-])c2)C(=O)N1c1ccc(Cl)cc1. The summed E-state index contributed by atoms with van der Waals surface area (Å²) in [4.78, 5) is 38.4. The number of thioether (sulfide) groups is 1. The van der Waals surface area contributed by atoms with Crippen LogP contribution in [-0.2, 0) is 16.0 Å². The second-order valence-electron chi connectivity index (χ2n) is 7.64. The zero-order chi connectivity index (χ0) is 25.8. The Labute approximate surface area is 214 Å². The van der Waals surface area contributed by atoms with Gasteiger partial charge in [0, 0.05) is 28.5 Å². The predicted molar refractivity (Wildman–Crippen MR) is 135 cm³/mol. The van der Waals surface area contributed by atoms with Crippen LogP contribution in [0.4, 0.5) is 21.5 Å². The average molecular weight is 523 g/mol. The molecule has 1 saturated heterocycles. The second-order valence-corrected chi connectivity index (χ2v) is 9.27. The summed E-state index contributed by atoms with van der Waals surface area (Å²) in [6, 6.07) is 19.2. The highest BCUT2D eigenvalue weighted by Crippen LogP contribution is 2.42. The van der Waals surface area contributed by atoms with E-state index in [1.807, 2.05) is 6.07 Å². The van der Waals surface area contributed by atoms with Gasteiger partial charge in [-0.3, -0.25) is 24.6 Å². The number of nitro groups is 1. The van der Waals surface area contributed by atoms with Crippen LogP contribution in [0.25, 0.3) is 0 Å². The summed E-state index contributed by atoms with van der Waals surface area (Å²) >= 11 is 7.01. The van der Waals surface area contributed by atoms with Crippen molar-refractivity contribution in [3.63, 3.8) is 0 Å². The van der Waals surface area contributed by atoms with Crippen molar-refractivity contribution >= 4 is 52.2 Å². The first-order valence-corrected chi connectivity index (χ1v) is 11.7. The number of halogens is 2. The van der Waals surface area contributed by atoms with Gasteiger partial charge < -0.3 is 5.32 Å². The van der Waals surface area contributed by atoms with E-state index in [0.717, 1.165) is 23.9 Å². The van der Waals surface area contributed by atoms with Crippen LogP contribution in [0.5, 0.6) is 0 Å². The van der Waals surface area contributed by atoms with Crippen LogP contribution in [0, 0.1) is 27.3 Å². The molecule has 36 heavy (non-hydrogen) atoms. The molecular weight excluding hydrogens is 507 g/mol. The van der Waals surface area contributed by atoms with E-state index in [-0.39, 0.29) is 28.4 Å². The van der Waals surface area contributed by atoms with Crippen LogP contribution in [0.3, 0.4) is 0 Å². The number of nitrogens with zero attached hydrogens (tertiary/aromatic N) is 3. The van der Waals surface area contributed by atoms with Gasteiger partial charge in [-0.1, -0.05) is 35.5 Å². The normalized spacial score (nSPS) is 16.4. The van der Waals surface area contributed by atoms with Gasteiger partial charge in [0.15, 0.2) is 0 Å². The van der Waals surface area contributed by atoms with Crippen LogP contribution in [0.1, 0.15) is 5.56 Å². The van der Waals surface area contributed by atoms with Gasteiger partial charge in [-0.05, 0) is 60.5 Å². The van der Waals surface area contributed by atoms with E-state index in [9.17, 15) is 29.4 Å². The van der Waals surface area contributed by atoms with E-state index in [1.165, 1.54) is 35.2 Å². The Morgan fingerprint density at radius 1 is 1.17 bits per heavy atom. The summed E-state index contributed by atoms with van der Waals surface area (Å²) in [5.74, 6) is -1.65. The van der Waals surface area contributed by atoms with Gasteiger partial charge >= 0.3 is 0 Å². The van der Waals surface area contributed by atoms with Crippen LogP contribution in [-0.4, -0.2) is 22.0 Å². The number of benzene rings is 3. The minimum absolute atomic E-state index is 0.107. The Hall–Kier alpha value is -4.20. The lowest BCUT2D eigenvalue weighted by Crippen LogP contribution is -2.30. The van der Waals surface area contributed by atoms with Crippen LogP contribution in [0.2, 0.25) is 5.02 Å². The molecule has 1 N–H and O–H groups in total. The first-order valence-electron chi connectivity index (χ1n) is 10.5. The number of carbonyl (C=O) groups is 2. The van der Waals surface area contributed by atoms with Gasteiger partial charge in [0.2, 0.25) is 5.91 Å². The number of amides is 2. The molecule has 180 valence electrons. The Morgan fingerprint density at radius 2 is 1.86 bits per heavy atom. The zero-order valence-electron chi connectivity index (χ0n) is 18.4. The molecule has 1 unspecified atom stereocenters. The van der Waals surface area contributed by atoms with Gasteiger partial charge in [0.25, 0.3) is 11.6 Å². The molecule has 1 heterocycles. The number of nitro benzene ring substituents is 1. The molecule has 3 aromatic carbocycles. The highest BCUT2D eigenvalue weighted by molar-refractivity contribution is 8.05. The van der Waals surface area contributed by atoms with Gasteiger partial charge in [-0.15, -0.1) is 0 Å². The molecule has 1 atom stereocenters.